The number of rotatable bonds is 11. The van der Waals surface area contributed by atoms with E-state index >= 15 is 0 Å². The van der Waals surface area contributed by atoms with Crippen LogP contribution in [0, 0.1) is 0 Å². The van der Waals surface area contributed by atoms with Crippen molar-refractivity contribution in [2.45, 2.75) is 71.0 Å². The van der Waals surface area contributed by atoms with Crippen LogP contribution < -0.4 is 0 Å². The first-order valence-corrected chi connectivity index (χ1v) is 12.5. The molecule has 0 atom stereocenters. The lowest BCUT2D eigenvalue weighted by atomic mass is 10.4. The Balaban J connectivity index is 0. The highest BCUT2D eigenvalue weighted by molar-refractivity contribution is 7.86. The van der Waals surface area contributed by atoms with Gasteiger partial charge in [-0.05, 0) is 19.3 Å². The van der Waals surface area contributed by atoms with Crippen LogP contribution in [-0.4, -0.2) is 49.8 Å². The van der Waals surface area contributed by atoms with Gasteiger partial charge in [0.2, 0.25) is 0 Å². The molecule has 9 heteroatoms. The van der Waals surface area contributed by atoms with Crippen molar-refractivity contribution in [3.05, 3.63) is 0 Å². The maximum atomic E-state index is 11.4. The molecule has 0 amide bonds. The average Bonchev–Trinajstić information content (AvgIpc) is 2.48. The molecule has 0 saturated heterocycles. The Labute approximate surface area is 144 Å². The molecule has 0 fully saturated rings. The van der Waals surface area contributed by atoms with Crippen LogP contribution in [-0.2, 0) is 10.1 Å². The van der Waals surface area contributed by atoms with Crippen molar-refractivity contribution >= 4 is 17.4 Å². The lowest BCUT2D eigenvalue weighted by Gasteiger charge is -2.22. The Bertz CT molecular complexity index is 395. The van der Waals surface area contributed by atoms with E-state index in [-0.39, 0.29) is 0 Å². The molecule has 0 heterocycles. The first-order chi connectivity index (χ1) is 10.9. The Hall–Kier alpha value is 0.0600. The predicted molar refractivity (Wildman–Crippen MR) is 92.8 cm³/mol. The quantitative estimate of drug-likeness (QED) is 0.265. The third kappa shape index (κ3) is 10.8. The molecular weight excluding hydrogens is 367 g/mol. The summed E-state index contributed by atoms with van der Waals surface area (Å²) in [6.45, 7) is 9.59. The largest absolute Gasteiger partial charge is 0.743 e. The topological polar surface area (TPSA) is 57.2 Å². The SMILES string of the molecule is CCCC[P+](C)(CCCC)CCCC.O=S(=O)([O-])C(F)(F)C(F)F. The zero-order chi connectivity index (χ0) is 19.4. The molecule has 148 valence electrons. The second-order valence-electron chi connectivity index (χ2n) is 6.17. The molecule has 0 radical (unpaired) electrons. The van der Waals surface area contributed by atoms with Gasteiger partial charge in [-0.25, -0.2) is 17.2 Å². The lowest BCUT2D eigenvalue weighted by Crippen LogP contribution is -2.36. The van der Waals surface area contributed by atoms with Gasteiger partial charge in [-0.2, -0.15) is 8.78 Å². The Morgan fingerprint density at radius 3 is 1.33 bits per heavy atom. The number of hydrogen-bond acceptors (Lipinski definition) is 3. The smallest absolute Gasteiger partial charge is 0.393 e. The molecule has 0 saturated carbocycles. The fourth-order valence-corrected chi connectivity index (χ4v) is 6.19. The molecule has 24 heavy (non-hydrogen) atoms. The van der Waals surface area contributed by atoms with Gasteiger partial charge < -0.3 is 4.55 Å². The molecule has 0 unspecified atom stereocenters. The van der Waals surface area contributed by atoms with Crippen molar-refractivity contribution in [2.24, 2.45) is 0 Å². The van der Waals surface area contributed by atoms with E-state index in [1.807, 2.05) is 0 Å². The van der Waals surface area contributed by atoms with E-state index in [4.69, 9.17) is 0 Å². The van der Waals surface area contributed by atoms with Crippen molar-refractivity contribution in [3.8, 4) is 0 Å². The van der Waals surface area contributed by atoms with Crippen LogP contribution in [0.3, 0.4) is 0 Å². The van der Waals surface area contributed by atoms with Gasteiger partial charge in [-0.15, -0.1) is 0 Å². The van der Waals surface area contributed by atoms with E-state index in [0.29, 0.717) is 0 Å². The monoisotopic (exact) mass is 398 g/mol. The van der Waals surface area contributed by atoms with Crippen LogP contribution in [0.25, 0.3) is 0 Å². The van der Waals surface area contributed by atoms with Crippen molar-refractivity contribution < 1.29 is 30.5 Å². The average molecular weight is 398 g/mol. The summed E-state index contributed by atoms with van der Waals surface area (Å²) >= 11 is 0. The zero-order valence-electron chi connectivity index (χ0n) is 15.0. The molecule has 0 aliphatic rings. The van der Waals surface area contributed by atoms with E-state index in [1.165, 1.54) is 38.5 Å². The van der Waals surface area contributed by atoms with Gasteiger partial charge >= 0.3 is 11.7 Å². The highest BCUT2D eigenvalue weighted by Crippen LogP contribution is 2.57. The first kappa shape index (κ1) is 26.3. The van der Waals surface area contributed by atoms with Crippen molar-refractivity contribution in [3.63, 3.8) is 0 Å². The third-order valence-electron chi connectivity index (χ3n) is 3.74. The summed E-state index contributed by atoms with van der Waals surface area (Å²) < 4.78 is 72.7. The second kappa shape index (κ2) is 12.4. The second-order valence-corrected chi connectivity index (χ2v) is 12.2. The van der Waals surface area contributed by atoms with Crippen LogP contribution in [0.1, 0.15) is 59.3 Å². The molecule has 0 aromatic carbocycles. The molecule has 0 aromatic heterocycles. The molecule has 0 N–H and O–H groups in total. The van der Waals surface area contributed by atoms with Crippen molar-refractivity contribution in [2.75, 3.05) is 25.2 Å². The maximum Gasteiger partial charge on any atom is 0.393 e. The van der Waals surface area contributed by atoms with Gasteiger partial charge in [0.05, 0.1) is 18.5 Å². The lowest BCUT2D eigenvalue weighted by molar-refractivity contribution is -0.0692. The number of unbranched alkanes of at least 4 members (excludes halogenated alkanes) is 3. The number of alkyl halides is 4. The minimum atomic E-state index is -6.23. The molecule has 0 spiro atoms. The maximum absolute atomic E-state index is 11.4. The van der Waals surface area contributed by atoms with E-state index in [2.05, 4.69) is 27.4 Å². The van der Waals surface area contributed by atoms with Crippen LogP contribution in [0.4, 0.5) is 17.6 Å². The summed E-state index contributed by atoms with van der Waals surface area (Å²) in [5.41, 5.74) is 0. The van der Waals surface area contributed by atoms with Crippen molar-refractivity contribution in [1.29, 1.82) is 0 Å². The first-order valence-electron chi connectivity index (χ1n) is 8.32. The Kier molecular flexibility index (Phi) is 13.6. The summed E-state index contributed by atoms with van der Waals surface area (Å²) in [7, 11) is -6.75. The van der Waals surface area contributed by atoms with E-state index < -0.39 is 29.1 Å². The van der Waals surface area contributed by atoms with Gasteiger partial charge in [0.15, 0.2) is 10.1 Å². The Morgan fingerprint density at radius 2 is 1.21 bits per heavy atom. The summed E-state index contributed by atoms with van der Waals surface area (Å²) in [5, 5.41) is -5.48. The van der Waals surface area contributed by atoms with E-state index in [9.17, 15) is 30.5 Å². The minimum Gasteiger partial charge on any atom is -0.743 e. The number of hydrogen-bond donors (Lipinski definition) is 0. The van der Waals surface area contributed by atoms with Crippen molar-refractivity contribution in [1.82, 2.24) is 0 Å². The van der Waals surface area contributed by atoms with Gasteiger partial charge in [0.25, 0.3) is 0 Å². The number of halogens is 4. The minimum absolute atomic E-state index is 0.519. The molecule has 0 aliphatic carbocycles. The summed E-state index contributed by atoms with van der Waals surface area (Å²) in [4.78, 5) is 0. The van der Waals surface area contributed by atoms with Gasteiger partial charge in [-0.3, -0.25) is 0 Å². The van der Waals surface area contributed by atoms with E-state index in [1.54, 1.807) is 18.5 Å². The molecule has 0 bridgehead atoms. The van der Waals surface area contributed by atoms with Crippen LogP contribution in [0.5, 0.6) is 0 Å². The van der Waals surface area contributed by atoms with Gasteiger partial charge in [0, 0.05) is 13.9 Å². The molecular formula is C15H31F4O3PS. The van der Waals surface area contributed by atoms with Gasteiger partial charge in [-0.1, -0.05) is 40.0 Å². The fourth-order valence-electron chi connectivity index (χ4n) is 2.06. The molecule has 3 nitrogen and oxygen atoms in total. The summed E-state index contributed by atoms with van der Waals surface area (Å²) in [6, 6.07) is 0. The van der Waals surface area contributed by atoms with Crippen LogP contribution in [0.2, 0.25) is 0 Å². The highest BCUT2D eigenvalue weighted by atomic mass is 32.2. The van der Waals surface area contributed by atoms with Crippen LogP contribution >= 0.6 is 7.26 Å². The summed E-state index contributed by atoms with van der Waals surface area (Å²) in [5.74, 6) is 0. The van der Waals surface area contributed by atoms with Gasteiger partial charge in [0.1, 0.15) is 0 Å². The predicted octanol–water partition coefficient (Wildman–Crippen LogP) is 5.42. The third-order valence-corrected chi connectivity index (χ3v) is 8.77. The standard InChI is InChI=1S/C13H30P.C2H2F4O3S/c1-5-8-11-14(4,12-9-6-2)13-10-7-3;3-1(4)2(5,6)10(7,8)9/h5-13H2,1-4H3;1H,(H,7,8,9)/q+1;/p-1. The fraction of sp³-hybridized carbons (Fsp3) is 1.00. The van der Waals surface area contributed by atoms with E-state index in [0.717, 1.165) is 0 Å². The zero-order valence-corrected chi connectivity index (χ0v) is 16.7. The van der Waals surface area contributed by atoms with Crippen LogP contribution in [0.15, 0.2) is 0 Å². The molecule has 0 aliphatic heterocycles. The molecule has 0 rings (SSSR count). The highest BCUT2D eigenvalue weighted by Gasteiger charge is 2.48. The Morgan fingerprint density at radius 1 is 0.917 bits per heavy atom. The summed E-state index contributed by atoms with van der Waals surface area (Å²) in [6.07, 6.45) is 8.76. The normalized spacial score (nSPS) is 12.9. The molecule has 0 aromatic rings.